The summed E-state index contributed by atoms with van der Waals surface area (Å²) in [6.45, 7) is 2.82. The maximum absolute atomic E-state index is 6.12. The second-order valence-corrected chi connectivity index (χ2v) is 4.33. The van der Waals surface area contributed by atoms with E-state index >= 15 is 0 Å². The number of pyridine rings is 1. The zero-order chi connectivity index (χ0) is 9.97. The summed E-state index contributed by atoms with van der Waals surface area (Å²) in [4.78, 5) is 4.07. The van der Waals surface area contributed by atoms with E-state index in [-0.39, 0.29) is 11.5 Å². The summed E-state index contributed by atoms with van der Waals surface area (Å²) < 4.78 is 5.70. The first-order valence-electron chi connectivity index (χ1n) is 4.93. The van der Waals surface area contributed by atoms with Gasteiger partial charge in [-0.3, -0.25) is 4.98 Å². The molecule has 0 aromatic carbocycles. The van der Waals surface area contributed by atoms with Crippen molar-refractivity contribution in [3.8, 4) is 0 Å². The van der Waals surface area contributed by atoms with Gasteiger partial charge < -0.3 is 4.74 Å². The van der Waals surface area contributed by atoms with Crippen molar-refractivity contribution < 1.29 is 4.74 Å². The Balaban J connectivity index is 2.18. The minimum absolute atomic E-state index is 0.161. The topological polar surface area (TPSA) is 22.1 Å². The molecule has 2 nitrogen and oxygen atoms in total. The fourth-order valence-electron chi connectivity index (χ4n) is 1.82. The molecule has 0 bridgehead atoms. The molecule has 2 unspecified atom stereocenters. The minimum atomic E-state index is 0.161. The summed E-state index contributed by atoms with van der Waals surface area (Å²) in [6.07, 6.45) is 5.71. The summed E-state index contributed by atoms with van der Waals surface area (Å²) in [6, 6.07) is 2.02. The fourth-order valence-corrected chi connectivity index (χ4v) is 2.07. The van der Waals surface area contributed by atoms with E-state index in [0.29, 0.717) is 0 Å². The van der Waals surface area contributed by atoms with Gasteiger partial charge in [0, 0.05) is 24.4 Å². The summed E-state index contributed by atoms with van der Waals surface area (Å²) in [7, 11) is 0. The quantitative estimate of drug-likeness (QED) is 0.667. The molecular weight excluding hydrogens is 198 g/mol. The molecule has 0 saturated carbocycles. The molecule has 3 heteroatoms. The van der Waals surface area contributed by atoms with Gasteiger partial charge in [-0.25, -0.2) is 0 Å². The third kappa shape index (κ3) is 2.07. The molecule has 0 amide bonds. The third-order valence-electron chi connectivity index (χ3n) is 2.63. The van der Waals surface area contributed by atoms with Gasteiger partial charge >= 0.3 is 0 Å². The molecule has 2 atom stereocenters. The first-order valence-corrected chi connectivity index (χ1v) is 5.37. The number of hydrogen-bond donors (Lipinski definition) is 0. The Morgan fingerprint density at radius 2 is 2.43 bits per heavy atom. The van der Waals surface area contributed by atoms with Crippen LogP contribution in [0.15, 0.2) is 18.5 Å². The van der Waals surface area contributed by atoms with Crippen LogP contribution in [0.3, 0.4) is 0 Å². The molecule has 1 aliphatic heterocycles. The molecule has 76 valence electrons. The lowest BCUT2D eigenvalue weighted by atomic mass is 9.99. The number of halogens is 1. The van der Waals surface area contributed by atoms with Crippen molar-refractivity contribution in [1.29, 1.82) is 0 Å². The Bertz CT molecular complexity index is 316. The maximum Gasteiger partial charge on any atom is 0.0842 e. The molecule has 1 saturated heterocycles. The van der Waals surface area contributed by atoms with Gasteiger partial charge in [-0.05, 0) is 37.0 Å². The second kappa shape index (κ2) is 4.28. The largest absolute Gasteiger partial charge is 0.373 e. The van der Waals surface area contributed by atoms with Crippen LogP contribution in [0.1, 0.15) is 30.1 Å². The van der Waals surface area contributed by atoms with Crippen LogP contribution in [0.4, 0.5) is 0 Å². The van der Waals surface area contributed by atoms with E-state index in [1.54, 1.807) is 0 Å². The zero-order valence-corrected chi connectivity index (χ0v) is 9.00. The number of alkyl halides is 1. The monoisotopic (exact) mass is 211 g/mol. The molecule has 0 aliphatic carbocycles. The van der Waals surface area contributed by atoms with E-state index in [9.17, 15) is 0 Å². The van der Waals surface area contributed by atoms with Gasteiger partial charge in [0.05, 0.1) is 6.10 Å². The molecule has 2 rings (SSSR count). The Morgan fingerprint density at radius 1 is 1.57 bits per heavy atom. The molecule has 0 radical (unpaired) electrons. The van der Waals surface area contributed by atoms with Crippen molar-refractivity contribution in [3.05, 3.63) is 29.6 Å². The highest BCUT2D eigenvalue weighted by molar-refractivity contribution is 6.20. The van der Waals surface area contributed by atoms with Crippen LogP contribution in [0.2, 0.25) is 0 Å². The summed E-state index contributed by atoms with van der Waals surface area (Å²) in [5.41, 5.74) is 2.41. The van der Waals surface area contributed by atoms with Crippen molar-refractivity contribution in [2.75, 3.05) is 6.61 Å². The summed E-state index contributed by atoms with van der Waals surface area (Å²) >= 11 is 6.12. The average Bonchev–Trinajstić information content (AvgIpc) is 2.18. The second-order valence-electron chi connectivity index (χ2n) is 3.71. The van der Waals surface area contributed by atoms with Crippen LogP contribution in [0, 0.1) is 6.92 Å². The Labute approximate surface area is 89.3 Å². The van der Waals surface area contributed by atoms with Gasteiger partial charge in [0.2, 0.25) is 0 Å². The van der Waals surface area contributed by atoms with Crippen molar-refractivity contribution in [1.82, 2.24) is 4.98 Å². The molecule has 2 heterocycles. The third-order valence-corrected chi connectivity index (χ3v) is 3.03. The number of ether oxygens (including phenoxy) is 1. The van der Waals surface area contributed by atoms with E-state index in [1.165, 1.54) is 11.1 Å². The lowest BCUT2D eigenvalue weighted by molar-refractivity contribution is 0.0164. The van der Waals surface area contributed by atoms with Crippen LogP contribution in [0.25, 0.3) is 0 Å². The van der Waals surface area contributed by atoms with Gasteiger partial charge in [-0.1, -0.05) is 0 Å². The van der Waals surface area contributed by atoms with E-state index in [1.807, 2.05) is 18.5 Å². The van der Waals surface area contributed by atoms with Crippen LogP contribution in [-0.4, -0.2) is 17.0 Å². The zero-order valence-electron chi connectivity index (χ0n) is 8.24. The van der Waals surface area contributed by atoms with Gasteiger partial charge in [-0.2, -0.15) is 0 Å². The Kier molecular flexibility index (Phi) is 3.04. The number of rotatable bonds is 1. The fraction of sp³-hybridized carbons (Fsp3) is 0.545. The predicted octanol–water partition coefficient (Wildman–Crippen LogP) is 2.85. The van der Waals surface area contributed by atoms with Crippen molar-refractivity contribution in [2.24, 2.45) is 0 Å². The van der Waals surface area contributed by atoms with Crippen LogP contribution in [-0.2, 0) is 4.74 Å². The predicted molar refractivity (Wildman–Crippen MR) is 56.5 cm³/mol. The number of nitrogens with zero attached hydrogens (tertiary/aromatic N) is 1. The Hall–Kier alpha value is -0.600. The minimum Gasteiger partial charge on any atom is -0.373 e. The molecule has 1 fully saturated rings. The molecule has 1 aromatic heterocycles. The molecule has 14 heavy (non-hydrogen) atoms. The summed E-state index contributed by atoms with van der Waals surface area (Å²) in [5, 5.41) is 0.251. The molecule has 1 aliphatic rings. The van der Waals surface area contributed by atoms with Crippen LogP contribution in [0.5, 0.6) is 0 Å². The first-order chi connectivity index (χ1) is 6.77. The van der Waals surface area contributed by atoms with Crippen molar-refractivity contribution in [2.45, 2.75) is 31.2 Å². The van der Waals surface area contributed by atoms with Crippen LogP contribution >= 0.6 is 11.6 Å². The lowest BCUT2D eigenvalue weighted by Gasteiger charge is -2.27. The van der Waals surface area contributed by atoms with Gasteiger partial charge in [-0.15, -0.1) is 11.6 Å². The number of hydrogen-bond acceptors (Lipinski definition) is 2. The number of aryl methyl sites for hydroxylation is 1. The van der Waals surface area contributed by atoms with Gasteiger partial charge in [0.15, 0.2) is 0 Å². The SMILES string of the molecule is Cc1cnccc1C1CC(Cl)CCO1. The van der Waals surface area contributed by atoms with E-state index < -0.39 is 0 Å². The highest BCUT2D eigenvalue weighted by atomic mass is 35.5. The van der Waals surface area contributed by atoms with Crippen LogP contribution < -0.4 is 0 Å². The molecule has 0 N–H and O–H groups in total. The van der Waals surface area contributed by atoms with E-state index in [0.717, 1.165) is 19.4 Å². The number of aromatic nitrogens is 1. The van der Waals surface area contributed by atoms with Gasteiger partial charge in [0.1, 0.15) is 0 Å². The maximum atomic E-state index is 6.12. The normalized spacial score (nSPS) is 27.6. The average molecular weight is 212 g/mol. The highest BCUT2D eigenvalue weighted by Crippen LogP contribution is 2.31. The highest BCUT2D eigenvalue weighted by Gasteiger charge is 2.23. The lowest BCUT2D eigenvalue weighted by Crippen LogP contribution is -2.20. The van der Waals surface area contributed by atoms with Crippen molar-refractivity contribution >= 4 is 11.6 Å². The van der Waals surface area contributed by atoms with Crippen molar-refractivity contribution in [3.63, 3.8) is 0 Å². The Morgan fingerprint density at radius 3 is 3.14 bits per heavy atom. The van der Waals surface area contributed by atoms with Gasteiger partial charge in [0.25, 0.3) is 0 Å². The van der Waals surface area contributed by atoms with E-state index in [2.05, 4.69) is 11.9 Å². The molecule has 0 spiro atoms. The molecular formula is C11H14ClNO. The van der Waals surface area contributed by atoms with E-state index in [4.69, 9.17) is 16.3 Å². The standard InChI is InChI=1S/C11H14ClNO/c1-8-7-13-4-2-10(8)11-6-9(12)3-5-14-11/h2,4,7,9,11H,3,5-6H2,1H3. The molecule has 1 aromatic rings. The first kappa shape index (κ1) is 9.94. The smallest absolute Gasteiger partial charge is 0.0842 e. The summed E-state index contributed by atoms with van der Waals surface area (Å²) in [5.74, 6) is 0.